The summed E-state index contributed by atoms with van der Waals surface area (Å²) in [6.07, 6.45) is 0. The third-order valence-electron chi connectivity index (χ3n) is 2.26. The summed E-state index contributed by atoms with van der Waals surface area (Å²) in [5.41, 5.74) is -1.17. The molecule has 0 aliphatic heterocycles. The molecule has 0 atom stereocenters. The van der Waals surface area contributed by atoms with Crippen molar-refractivity contribution < 1.29 is 23.4 Å². The minimum Gasteiger partial charge on any atom is -0.493 e. The number of esters is 1. The van der Waals surface area contributed by atoms with Gasteiger partial charge in [0, 0.05) is 6.07 Å². The number of hydrogen-bond acceptors (Lipinski definition) is 4. The number of benzene rings is 1. The molecule has 0 amide bonds. The van der Waals surface area contributed by atoms with Gasteiger partial charge in [0.1, 0.15) is 5.82 Å². The summed E-state index contributed by atoms with van der Waals surface area (Å²) in [6.45, 7) is 5.14. The minimum atomic E-state index is -1.17. The predicted octanol–water partition coefficient (Wildman–Crippen LogP) is 2.55. The second kappa shape index (κ2) is 5.71. The second-order valence-corrected chi connectivity index (χ2v) is 4.13. The molecule has 0 radical (unpaired) electrons. The Morgan fingerprint density at radius 3 is 2.56 bits per heavy atom. The molecule has 1 aromatic rings. The van der Waals surface area contributed by atoms with E-state index in [2.05, 4.69) is 0 Å². The Balaban J connectivity index is 2.93. The van der Waals surface area contributed by atoms with Gasteiger partial charge in [-0.1, -0.05) is 0 Å². The topological polar surface area (TPSA) is 44.8 Å². The lowest BCUT2D eigenvalue weighted by molar-refractivity contribution is -0.158. The van der Waals surface area contributed by atoms with E-state index in [9.17, 15) is 9.18 Å². The van der Waals surface area contributed by atoms with E-state index in [4.69, 9.17) is 14.2 Å². The van der Waals surface area contributed by atoms with E-state index >= 15 is 0 Å². The molecule has 0 fully saturated rings. The highest BCUT2D eigenvalue weighted by Crippen LogP contribution is 2.31. The maximum absolute atomic E-state index is 13.0. The molecule has 0 bridgehead atoms. The van der Waals surface area contributed by atoms with E-state index in [-0.39, 0.29) is 18.1 Å². The predicted molar refractivity (Wildman–Crippen MR) is 64.3 cm³/mol. The Morgan fingerprint density at radius 1 is 1.33 bits per heavy atom. The van der Waals surface area contributed by atoms with Crippen LogP contribution >= 0.6 is 0 Å². The van der Waals surface area contributed by atoms with Crippen LogP contribution in [0.15, 0.2) is 18.2 Å². The fourth-order valence-electron chi connectivity index (χ4n) is 1.35. The molecule has 5 heteroatoms. The number of carbonyl (C=O) groups excluding carboxylic acids is 1. The molecule has 0 heterocycles. The maximum Gasteiger partial charge on any atom is 0.349 e. The summed E-state index contributed by atoms with van der Waals surface area (Å²) in [4.78, 5) is 11.7. The van der Waals surface area contributed by atoms with Crippen LogP contribution in [-0.2, 0) is 9.53 Å². The number of hydrogen-bond donors (Lipinski definition) is 0. The molecule has 18 heavy (non-hydrogen) atoms. The number of carbonyl (C=O) groups is 1. The Hall–Kier alpha value is -1.78. The van der Waals surface area contributed by atoms with Crippen molar-refractivity contribution in [2.24, 2.45) is 0 Å². The van der Waals surface area contributed by atoms with Crippen molar-refractivity contribution in [3.63, 3.8) is 0 Å². The summed E-state index contributed by atoms with van der Waals surface area (Å²) in [5.74, 6) is -0.408. The van der Waals surface area contributed by atoms with Gasteiger partial charge < -0.3 is 14.2 Å². The Morgan fingerprint density at radius 2 is 2.00 bits per heavy atom. The highest BCUT2D eigenvalue weighted by molar-refractivity contribution is 5.79. The van der Waals surface area contributed by atoms with Gasteiger partial charge in [-0.25, -0.2) is 9.18 Å². The minimum absolute atomic E-state index is 0.229. The average Bonchev–Trinajstić information content (AvgIpc) is 2.31. The van der Waals surface area contributed by atoms with Gasteiger partial charge in [0.15, 0.2) is 17.1 Å². The lowest BCUT2D eigenvalue weighted by atomic mass is 10.1. The van der Waals surface area contributed by atoms with Crippen molar-refractivity contribution in [2.75, 3.05) is 13.7 Å². The smallest absolute Gasteiger partial charge is 0.349 e. The Bertz CT molecular complexity index is 429. The fourth-order valence-corrected chi connectivity index (χ4v) is 1.35. The molecule has 1 rings (SSSR count). The van der Waals surface area contributed by atoms with E-state index in [0.717, 1.165) is 0 Å². The van der Waals surface area contributed by atoms with Crippen LogP contribution in [0.5, 0.6) is 11.5 Å². The van der Waals surface area contributed by atoms with Crippen LogP contribution in [0, 0.1) is 5.82 Å². The first-order chi connectivity index (χ1) is 8.40. The van der Waals surface area contributed by atoms with E-state index < -0.39 is 17.4 Å². The van der Waals surface area contributed by atoms with Crippen LogP contribution < -0.4 is 9.47 Å². The molecule has 0 aromatic heterocycles. The molecule has 0 spiro atoms. The standard InChI is InChI=1S/C13H17FO4/c1-5-17-12(15)13(2,3)18-10-7-6-9(14)8-11(10)16-4/h6-8H,5H2,1-4H3. The second-order valence-electron chi connectivity index (χ2n) is 4.13. The molecule has 0 aliphatic carbocycles. The third kappa shape index (κ3) is 3.35. The Labute approximate surface area is 106 Å². The first-order valence-corrected chi connectivity index (χ1v) is 5.60. The molecular formula is C13H17FO4. The highest BCUT2D eigenvalue weighted by atomic mass is 19.1. The number of ether oxygens (including phenoxy) is 3. The van der Waals surface area contributed by atoms with E-state index in [1.807, 2.05) is 0 Å². The van der Waals surface area contributed by atoms with Gasteiger partial charge in [0.25, 0.3) is 0 Å². The molecular weight excluding hydrogens is 239 g/mol. The monoisotopic (exact) mass is 256 g/mol. The first-order valence-electron chi connectivity index (χ1n) is 5.60. The third-order valence-corrected chi connectivity index (χ3v) is 2.26. The molecule has 1 aromatic carbocycles. The number of rotatable bonds is 5. The van der Waals surface area contributed by atoms with Gasteiger partial charge >= 0.3 is 5.97 Å². The Kier molecular flexibility index (Phi) is 4.53. The molecule has 0 N–H and O–H groups in total. The normalized spacial score (nSPS) is 10.9. The summed E-state index contributed by atoms with van der Waals surface area (Å²) >= 11 is 0. The van der Waals surface area contributed by atoms with Gasteiger partial charge in [-0.3, -0.25) is 0 Å². The van der Waals surface area contributed by atoms with Crippen molar-refractivity contribution in [1.29, 1.82) is 0 Å². The number of halogens is 1. The summed E-state index contributed by atoms with van der Waals surface area (Å²) in [6, 6.07) is 3.84. The van der Waals surface area contributed by atoms with Crippen LogP contribution in [0.25, 0.3) is 0 Å². The molecule has 4 nitrogen and oxygen atoms in total. The van der Waals surface area contributed by atoms with Gasteiger partial charge in [-0.15, -0.1) is 0 Å². The van der Waals surface area contributed by atoms with Gasteiger partial charge in [-0.2, -0.15) is 0 Å². The van der Waals surface area contributed by atoms with Crippen molar-refractivity contribution >= 4 is 5.97 Å². The summed E-state index contributed by atoms with van der Waals surface area (Å²) in [7, 11) is 1.40. The van der Waals surface area contributed by atoms with Crippen molar-refractivity contribution in [1.82, 2.24) is 0 Å². The summed E-state index contributed by atoms with van der Waals surface area (Å²) in [5, 5.41) is 0. The molecule has 0 aliphatic rings. The zero-order valence-corrected chi connectivity index (χ0v) is 11.0. The fraction of sp³-hybridized carbons (Fsp3) is 0.462. The maximum atomic E-state index is 13.0. The first kappa shape index (κ1) is 14.3. The van der Waals surface area contributed by atoms with E-state index in [1.54, 1.807) is 20.8 Å². The lowest BCUT2D eigenvalue weighted by Crippen LogP contribution is -2.39. The van der Waals surface area contributed by atoms with E-state index in [0.29, 0.717) is 0 Å². The quantitative estimate of drug-likeness (QED) is 0.759. The lowest BCUT2D eigenvalue weighted by Gasteiger charge is -2.25. The van der Waals surface area contributed by atoms with Crippen LogP contribution in [0.1, 0.15) is 20.8 Å². The zero-order valence-electron chi connectivity index (χ0n) is 11.0. The zero-order chi connectivity index (χ0) is 13.8. The van der Waals surface area contributed by atoms with Crippen LogP contribution in [0.3, 0.4) is 0 Å². The van der Waals surface area contributed by atoms with Crippen molar-refractivity contribution in [2.45, 2.75) is 26.4 Å². The highest BCUT2D eigenvalue weighted by Gasteiger charge is 2.32. The largest absolute Gasteiger partial charge is 0.493 e. The van der Waals surface area contributed by atoms with Gasteiger partial charge in [0.2, 0.25) is 0 Å². The average molecular weight is 256 g/mol. The van der Waals surface area contributed by atoms with Crippen LogP contribution in [0.4, 0.5) is 4.39 Å². The number of methoxy groups -OCH3 is 1. The SMILES string of the molecule is CCOC(=O)C(C)(C)Oc1ccc(F)cc1OC. The summed E-state index contributed by atoms with van der Waals surface area (Å²) < 4.78 is 28.4. The van der Waals surface area contributed by atoms with Crippen LogP contribution in [-0.4, -0.2) is 25.3 Å². The van der Waals surface area contributed by atoms with Crippen molar-refractivity contribution in [3.8, 4) is 11.5 Å². The van der Waals surface area contributed by atoms with E-state index in [1.165, 1.54) is 25.3 Å². The van der Waals surface area contributed by atoms with Gasteiger partial charge in [0.05, 0.1) is 13.7 Å². The van der Waals surface area contributed by atoms with Gasteiger partial charge in [-0.05, 0) is 32.9 Å². The molecule has 0 saturated carbocycles. The molecule has 0 saturated heterocycles. The molecule has 100 valence electrons. The van der Waals surface area contributed by atoms with Crippen LogP contribution in [0.2, 0.25) is 0 Å². The van der Waals surface area contributed by atoms with Crippen molar-refractivity contribution in [3.05, 3.63) is 24.0 Å². The molecule has 0 unspecified atom stereocenters.